The molecule has 10 atom stereocenters. The summed E-state index contributed by atoms with van der Waals surface area (Å²) in [6, 6.07) is 1.45. The van der Waals surface area contributed by atoms with Crippen molar-refractivity contribution < 1.29 is 0 Å². The molecule has 0 radical (unpaired) electrons. The van der Waals surface area contributed by atoms with Gasteiger partial charge in [0.2, 0.25) is 0 Å². The highest BCUT2D eigenvalue weighted by atomic mass is 32.2. The van der Waals surface area contributed by atoms with Crippen LogP contribution in [-0.2, 0) is 0 Å². The smallest absolute Gasteiger partial charge is 0.0312 e. The standard InChI is InChI=1S/C36H64N2S/c1-11-23(5)36(26(8)32(39-10)33(36,9)28-14-15-28)37-30-16-22(4)17-31(24(30)6)38-20-35(21-38)29-18-34(35,19-29)25(7)27(12-2)13-3/h22-32,37H,11-21H2,1-10H3. The molecule has 7 rings (SSSR count). The Hall–Kier alpha value is 0.270. The molecular formula is C36H64N2S. The highest BCUT2D eigenvalue weighted by Gasteiger charge is 2.80. The average molecular weight is 557 g/mol. The lowest BCUT2D eigenvalue weighted by molar-refractivity contribution is -0.364. The summed E-state index contributed by atoms with van der Waals surface area (Å²) < 4.78 is 0. The van der Waals surface area contributed by atoms with Gasteiger partial charge in [0.25, 0.3) is 0 Å². The number of rotatable bonds is 11. The van der Waals surface area contributed by atoms with Crippen molar-refractivity contribution in [3.05, 3.63) is 0 Å². The molecule has 7 aliphatic rings. The van der Waals surface area contributed by atoms with Gasteiger partial charge in [-0.1, -0.05) is 81.6 Å². The molecule has 1 aliphatic heterocycles. The molecule has 10 unspecified atom stereocenters. The lowest BCUT2D eigenvalue weighted by Gasteiger charge is -2.85. The topological polar surface area (TPSA) is 15.3 Å². The minimum Gasteiger partial charge on any atom is -0.307 e. The summed E-state index contributed by atoms with van der Waals surface area (Å²) in [5.41, 5.74) is 2.16. The molecule has 0 aromatic heterocycles. The Kier molecular flexibility index (Phi) is 7.45. The molecular weight excluding hydrogens is 492 g/mol. The van der Waals surface area contributed by atoms with E-state index in [4.69, 9.17) is 0 Å². The molecule has 0 aromatic carbocycles. The van der Waals surface area contributed by atoms with Crippen LogP contribution in [0.15, 0.2) is 0 Å². The summed E-state index contributed by atoms with van der Waals surface area (Å²) in [5, 5.41) is 5.45. The van der Waals surface area contributed by atoms with Crippen molar-refractivity contribution in [2.75, 3.05) is 19.3 Å². The molecule has 1 heterocycles. The molecule has 0 aromatic rings. The van der Waals surface area contributed by atoms with Crippen LogP contribution in [0, 0.1) is 63.6 Å². The Morgan fingerprint density at radius 2 is 1.56 bits per heavy atom. The predicted molar refractivity (Wildman–Crippen MR) is 170 cm³/mol. The molecule has 0 amide bonds. The van der Waals surface area contributed by atoms with Crippen molar-refractivity contribution in [2.45, 2.75) is 143 Å². The molecule has 6 aliphatic carbocycles. The summed E-state index contributed by atoms with van der Waals surface area (Å²) in [7, 11) is 0. The number of thioether (sulfide) groups is 1. The molecule has 2 bridgehead atoms. The zero-order chi connectivity index (χ0) is 28.1. The van der Waals surface area contributed by atoms with Crippen molar-refractivity contribution in [1.82, 2.24) is 10.2 Å². The summed E-state index contributed by atoms with van der Waals surface area (Å²) in [6.45, 7) is 26.0. The van der Waals surface area contributed by atoms with Gasteiger partial charge in [0, 0.05) is 46.8 Å². The zero-order valence-electron chi connectivity index (χ0n) is 27.5. The number of nitrogens with one attached hydrogen (secondary N) is 1. The molecule has 2 nitrogen and oxygen atoms in total. The van der Waals surface area contributed by atoms with Gasteiger partial charge in [-0.2, -0.15) is 11.8 Å². The van der Waals surface area contributed by atoms with Gasteiger partial charge in [-0.05, 0) is 97.5 Å². The van der Waals surface area contributed by atoms with E-state index in [0.717, 1.165) is 58.6 Å². The van der Waals surface area contributed by atoms with Crippen LogP contribution in [-0.4, -0.2) is 47.1 Å². The Labute approximate surface area is 247 Å². The van der Waals surface area contributed by atoms with Gasteiger partial charge in [-0.15, -0.1) is 0 Å². The van der Waals surface area contributed by atoms with Gasteiger partial charge < -0.3 is 5.32 Å². The third-order valence-electron chi connectivity index (χ3n) is 15.8. The monoisotopic (exact) mass is 556 g/mol. The fraction of sp³-hybridized carbons (Fsp3) is 1.00. The van der Waals surface area contributed by atoms with Crippen LogP contribution in [0.5, 0.6) is 0 Å². The van der Waals surface area contributed by atoms with Crippen molar-refractivity contribution in [3.63, 3.8) is 0 Å². The maximum atomic E-state index is 4.64. The Morgan fingerprint density at radius 3 is 2.05 bits per heavy atom. The fourth-order valence-electron chi connectivity index (χ4n) is 13.0. The molecule has 1 spiro atoms. The normalized spacial score (nSPS) is 50.1. The second-order valence-electron chi connectivity index (χ2n) is 16.6. The number of likely N-dealkylation sites (tertiary alicyclic amines) is 1. The molecule has 6 saturated carbocycles. The largest absolute Gasteiger partial charge is 0.307 e. The molecule has 1 saturated heterocycles. The quantitative estimate of drug-likeness (QED) is 0.274. The van der Waals surface area contributed by atoms with Crippen LogP contribution in [0.25, 0.3) is 0 Å². The van der Waals surface area contributed by atoms with Crippen molar-refractivity contribution in [2.24, 2.45) is 63.6 Å². The minimum absolute atomic E-state index is 0.303. The Bertz CT molecular complexity index is 898. The van der Waals surface area contributed by atoms with Crippen LogP contribution in [0.2, 0.25) is 0 Å². The maximum absolute atomic E-state index is 4.64. The first-order valence-corrected chi connectivity index (χ1v) is 18.8. The summed E-state index contributed by atoms with van der Waals surface area (Å²) in [6.07, 6.45) is 15.3. The van der Waals surface area contributed by atoms with Gasteiger partial charge in [0.15, 0.2) is 0 Å². The van der Waals surface area contributed by atoms with E-state index in [9.17, 15) is 0 Å². The van der Waals surface area contributed by atoms with E-state index in [1.807, 2.05) is 0 Å². The van der Waals surface area contributed by atoms with E-state index in [-0.39, 0.29) is 0 Å². The maximum Gasteiger partial charge on any atom is 0.0312 e. The highest BCUT2D eigenvalue weighted by molar-refractivity contribution is 7.99. The summed E-state index contributed by atoms with van der Waals surface area (Å²) in [5.74, 6) is 6.95. The first-order chi connectivity index (χ1) is 18.5. The minimum atomic E-state index is 0.303. The zero-order valence-corrected chi connectivity index (χ0v) is 28.3. The predicted octanol–water partition coefficient (Wildman–Crippen LogP) is 8.75. The summed E-state index contributed by atoms with van der Waals surface area (Å²) in [4.78, 5) is 3.01. The third-order valence-corrected chi connectivity index (χ3v) is 17.2. The first kappa shape index (κ1) is 29.3. The fourth-order valence-corrected chi connectivity index (χ4v) is 14.5. The van der Waals surface area contributed by atoms with Crippen molar-refractivity contribution in [1.29, 1.82) is 0 Å². The third kappa shape index (κ3) is 3.60. The highest BCUT2D eigenvalue weighted by Crippen LogP contribution is 2.83. The van der Waals surface area contributed by atoms with E-state index in [0.29, 0.717) is 27.8 Å². The molecule has 1 N–H and O–H groups in total. The molecule has 7 fully saturated rings. The number of hydrogen-bond donors (Lipinski definition) is 1. The molecule has 224 valence electrons. The van der Waals surface area contributed by atoms with E-state index >= 15 is 0 Å². The van der Waals surface area contributed by atoms with E-state index < -0.39 is 0 Å². The van der Waals surface area contributed by atoms with Crippen LogP contribution >= 0.6 is 11.8 Å². The van der Waals surface area contributed by atoms with Crippen LogP contribution in [0.1, 0.15) is 120 Å². The van der Waals surface area contributed by atoms with E-state index in [1.54, 1.807) is 12.8 Å². The van der Waals surface area contributed by atoms with Crippen LogP contribution < -0.4 is 5.32 Å². The lowest BCUT2D eigenvalue weighted by Crippen LogP contribution is -2.85. The van der Waals surface area contributed by atoms with Gasteiger partial charge in [0.1, 0.15) is 0 Å². The average Bonchev–Trinajstić information content (AvgIpc) is 3.69. The van der Waals surface area contributed by atoms with Gasteiger partial charge in [-0.25, -0.2) is 0 Å². The van der Waals surface area contributed by atoms with E-state index in [1.165, 1.54) is 58.0 Å². The van der Waals surface area contributed by atoms with Crippen LogP contribution in [0.3, 0.4) is 0 Å². The first-order valence-electron chi connectivity index (χ1n) is 17.6. The van der Waals surface area contributed by atoms with Gasteiger partial charge in [-0.3, -0.25) is 4.90 Å². The Balaban J connectivity index is 1.19. The molecule has 3 heteroatoms. The number of nitrogens with zero attached hydrogens (tertiary/aromatic N) is 1. The van der Waals surface area contributed by atoms with Crippen LogP contribution in [0.4, 0.5) is 0 Å². The van der Waals surface area contributed by atoms with Gasteiger partial charge in [0.05, 0.1) is 0 Å². The second kappa shape index (κ2) is 9.90. The van der Waals surface area contributed by atoms with E-state index in [2.05, 4.69) is 90.5 Å². The SMILES string of the molecule is CCC(CC)C(C)C12CC(C1)C21CN(C2CC(C)CC(NC3(C(C)CC)C(C)C(SC)C3(C)C3CC3)C2C)C1. The second-order valence-corrected chi connectivity index (χ2v) is 17.6. The van der Waals surface area contributed by atoms with Gasteiger partial charge >= 0.3 is 0 Å². The molecule has 39 heavy (non-hydrogen) atoms. The Morgan fingerprint density at radius 1 is 0.923 bits per heavy atom. The lowest BCUT2D eigenvalue weighted by atomic mass is 9.24. The number of hydrogen-bond acceptors (Lipinski definition) is 3. The van der Waals surface area contributed by atoms with Crippen molar-refractivity contribution in [3.8, 4) is 0 Å². The van der Waals surface area contributed by atoms with Crippen molar-refractivity contribution >= 4 is 11.8 Å². The summed E-state index contributed by atoms with van der Waals surface area (Å²) >= 11 is 2.18.